The fourth-order valence-corrected chi connectivity index (χ4v) is 4.68. The van der Waals surface area contributed by atoms with Crippen LogP contribution in [-0.2, 0) is 4.79 Å². The number of rotatable bonds is 1. The van der Waals surface area contributed by atoms with Crippen LogP contribution < -0.4 is 10.2 Å². The van der Waals surface area contributed by atoms with Crippen LogP contribution in [-0.4, -0.2) is 48.5 Å². The van der Waals surface area contributed by atoms with Gasteiger partial charge in [0.1, 0.15) is 0 Å². The van der Waals surface area contributed by atoms with Crippen LogP contribution in [0.15, 0.2) is 29.3 Å². The quantitative estimate of drug-likeness (QED) is 0.787. The predicted molar refractivity (Wildman–Crippen MR) is 110 cm³/mol. The molecule has 0 aromatic heterocycles. The summed E-state index contributed by atoms with van der Waals surface area (Å²) in [5, 5.41) is 13.3. The van der Waals surface area contributed by atoms with Crippen molar-refractivity contribution in [1.29, 1.82) is 5.26 Å². The van der Waals surface area contributed by atoms with Crippen molar-refractivity contribution in [3.05, 3.63) is 29.3 Å². The first-order valence-electron chi connectivity index (χ1n) is 10.1. The van der Waals surface area contributed by atoms with Crippen molar-refractivity contribution in [2.45, 2.75) is 38.1 Å². The largest absolute Gasteiger partial charge is 0.368 e. The average molecular weight is 400 g/mol. The minimum atomic E-state index is -0.681. The summed E-state index contributed by atoms with van der Waals surface area (Å²) >= 11 is 5.99. The Hall–Kier alpha value is -2.26. The van der Waals surface area contributed by atoms with Gasteiger partial charge in [-0.15, -0.1) is 0 Å². The number of halogens is 1. The van der Waals surface area contributed by atoms with Gasteiger partial charge in [0.2, 0.25) is 11.9 Å². The zero-order chi connectivity index (χ0) is 19.7. The number of carbonyl (C=O) groups excluding carboxylic acids is 1. The molecular weight excluding hydrogens is 374 g/mol. The second kappa shape index (κ2) is 7.63. The van der Waals surface area contributed by atoms with E-state index in [1.165, 1.54) is 0 Å². The van der Waals surface area contributed by atoms with E-state index in [1.807, 2.05) is 24.3 Å². The van der Waals surface area contributed by atoms with Crippen molar-refractivity contribution in [1.82, 2.24) is 10.2 Å². The Morgan fingerprint density at radius 2 is 1.75 bits per heavy atom. The molecule has 2 fully saturated rings. The zero-order valence-electron chi connectivity index (χ0n) is 16.2. The van der Waals surface area contributed by atoms with Crippen molar-refractivity contribution in [2.75, 3.05) is 31.1 Å². The van der Waals surface area contributed by atoms with Crippen LogP contribution in [0.4, 0.5) is 5.69 Å². The Balaban J connectivity index is 1.49. The highest BCUT2D eigenvalue weighted by Crippen LogP contribution is 2.41. The van der Waals surface area contributed by atoms with Gasteiger partial charge >= 0.3 is 0 Å². The highest BCUT2D eigenvalue weighted by molar-refractivity contribution is 6.30. The third kappa shape index (κ3) is 3.56. The SMILES string of the molecule is CC1CCC2(CC1)N=C(N1CCN(c3ccc(Cl)cc3)CC1)NC(=O)C2C#N. The highest BCUT2D eigenvalue weighted by Gasteiger charge is 2.49. The molecule has 0 bridgehead atoms. The van der Waals surface area contributed by atoms with E-state index in [-0.39, 0.29) is 5.91 Å². The first-order valence-corrected chi connectivity index (χ1v) is 10.4. The number of benzene rings is 1. The van der Waals surface area contributed by atoms with Crippen LogP contribution in [0.3, 0.4) is 0 Å². The van der Waals surface area contributed by atoms with Crippen LogP contribution in [0.5, 0.6) is 0 Å². The van der Waals surface area contributed by atoms with Gasteiger partial charge < -0.3 is 9.80 Å². The molecule has 1 spiro atoms. The molecule has 1 N–H and O–H groups in total. The number of piperazine rings is 1. The summed E-state index contributed by atoms with van der Waals surface area (Å²) in [6.45, 7) is 5.50. The van der Waals surface area contributed by atoms with E-state index in [9.17, 15) is 10.1 Å². The van der Waals surface area contributed by atoms with E-state index in [4.69, 9.17) is 16.6 Å². The number of nitriles is 1. The predicted octanol–water partition coefficient (Wildman–Crippen LogP) is 3.04. The van der Waals surface area contributed by atoms with Crippen LogP contribution in [0.1, 0.15) is 32.6 Å². The summed E-state index contributed by atoms with van der Waals surface area (Å²) in [7, 11) is 0. The van der Waals surface area contributed by atoms with Gasteiger partial charge in [-0.1, -0.05) is 18.5 Å². The zero-order valence-corrected chi connectivity index (χ0v) is 17.0. The lowest BCUT2D eigenvalue weighted by Gasteiger charge is -2.45. The van der Waals surface area contributed by atoms with E-state index in [1.54, 1.807) is 0 Å². The third-order valence-electron chi connectivity index (χ3n) is 6.40. The first kappa shape index (κ1) is 19.1. The number of carbonyl (C=O) groups is 1. The molecule has 3 aliphatic rings. The summed E-state index contributed by atoms with van der Waals surface area (Å²) in [5.41, 5.74) is 0.604. The van der Waals surface area contributed by atoms with Crippen LogP contribution in [0.2, 0.25) is 5.02 Å². The normalized spacial score (nSPS) is 30.6. The molecule has 6 nitrogen and oxygen atoms in total. The van der Waals surface area contributed by atoms with E-state index < -0.39 is 11.5 Å². The number of anilines is 1. The Labute approximate surface area is 171 Å². The lowest BCUT2D eigenvalue weighted by atomic mass is 9.70. The number of hydrogen-bond donors (Lipinski definition) is 1. The molecule has 2 aliphatic heterocycles. The van der Waals surface area contributed by atoms with Crippen molar-refractivity contribution >= 4 is 29.2 Å². The highest BCUT2D eigenvalue weighted by atomic mass is 35.5. The maximum atomic E-state index is 12.7. The number of amides is 1. The Morgan fingerprint density at radius 3 is 2.36 bits per heavy atom. The number of guanidine groups is 1. The number of aliphatic imine (C=N–C) groups is 1. The lowest BCUT2D eigenvalue weighted by molar-refractivity contribution is -0.125. The summed E-state index contributed by atoms with van der Waals surface area (Å²) in [5.74, 6) is 0.416. The van der Waals surface area contributed by atoms with Crippen molar-refractivity contribution in [3.8, 4) is 6.07 Å². The van der Waals surface area contributed by atoms with Gasteiger partial charge in [-0.2, -0.15) is 5.26 Å². The van der Waals surface area contributed by atoms with Gasteiger partial charge in [-0.05, 0) is 55.9 Å². The second-order valence-electron chi connectivity index (χ2n) is 8.22. The van der Waals surface area contributed by atoms with E-state index in [0.29, 0.717) is 11.9 Å². The fraction of sp³-hybridized carbons (Fsp3) is 0.571. The molecule has 1 aliphatic carbocycles. The molecule has 7 heteroatoms. The van der Waals surface area contributed by atoms with Gasteiger partial charge in [0.05, 0.1) is 11.6 Å². The number of nitrogens with one attached hydrogen (secondary N) is 1. The fourth-order valence-electron chi connectivity index (χ4n) is 4.55. The first-order chi connectivity index (χ1) is 13.5. The van der Waals surface area contributed by atoms with E-state index in [2.05, 4.69) is 28.1 Å². The summed E-state index contributed by atoms with van der Waals surface area (Å²) < 4.78 is 0. The molecule has 1 unspecified atom stereocenters. The molecule has 1 aromatic rings. The minimum absolute atomic E-state index is 0.192. The van der Waals surface area contributed by atoms with Gasteiger partial charge in [0, 0.05) is 36.9 Å². The van der Waals surface area contributed by atoms with Crippen molar-refractivity contribution in [3.63, 3.8) is 0 Å². The Bertz CT molecular complexity index is 799. The Kier molecular flexibility index (Phi) is 5.20. The maximum absolute atomic E-state index is 12.7. The molecule has 148 valence electrons. The molecule has 1 amide bonds. The van der Waals surface area contributed by atoms with Gasteiger partial charge in [0.25, 0.3) is 0 Å². The van der Waals surface area contributed by atoms with Crippen LogP contribution in [0, 0.1) is 23.2 Å². The maximum Gasteiger partial charge on any atom is 0.246 e. The molecule has 1 saturated carbocycles. The van der Waals surface area contributed by atoms with Gasteiger partial charge in [0.15, 0.2) is 5.92 Å². The third-order valence-corrected chi connectivity index (χ3v) is 6.66. The van der Waals surface area contributed by atoms with Crippen molar-refractivity contribution < 1.29 is 4.79 Å². The van der Waals surface area contributed by atoms with E-state index >= 15 is 0 Å². The lowest BCUT2D eigenvalue weighted by Crippen LogP contribution is -2.60. The molecule has 1 aromatic carbocycles. The molecule has 1 atom stereocenters. The summed E-state index contributed by atoms with van der Waals surface area (Å²) in [6, 6.07) is 10.1. The molecule has 28 heavy (non-hydrogen) atoms. The number of hydrogen-bond acceptors (Lipinski definition) is 5. The molecule has 4 rings (SSSR count). The monoisotopic (exact) mass is 399 g/mol. The van der Waals surface area contributed by atoms with Crippen LogP contribution >= 0.6 is 11.6 Å². The van der Waals surface area contributed by atoms with Gasteiger partial charge in [-0.25, -0.2) is 4.99 Å². The molecular formula is C21H26ClN5O. The smallest absolute Gasteiger partial charge is 0.246 e. The van der Waals surface area contributed by atoms with Crippen LogP contribution in [0.25, 0.3) is 0 Å². The van der Waals surface area contributed by atoms with Gasteiger partial charge in [-0.3, -0.25) is 10.1 Å². The minimum Gasteiger partial charge on any atom is -0.368 e. The topological polar surface area (TPSA) is 71.7 Å². The second-order valence-corrected chi connectivity index (χ2v) is 8.66. The molecule has 1 saturated heterocycles. The summed E-state index contributed by atoms with van der Waals surface area (Å²) in [6.07, 6.45) is 3.67. The molecule has 2 heterocycles. The van der Waals surface area contributed by atoms with Crippen molar-refractivity contribution in [2.24, 2.45) is 16.8 Å². The standard InChI is InChI=1S/C21H26ClN5O/c1-15-6-8-21(9-7-15)18(14-23)19(28)24-20(25-21)27-12-10-26(11-13-27)17-4-2-16(22)3-5-17/h2-5,15,18H,6-13H2,1H3,(H,24,25,28). The van der Waals surface area contributed by atoms with E-state index in [0.717, 1.165) is 62.6 Å². The molecule has 0 radical (unpaired) electrons. The number of nitrogens with zero attached hydrogens (tertiary/aromatic N) is 4. The Morgan fingerprint density at radius 1 is 1.14 bits per heavy atom. The summed E-state index contributed by atoms with van der Waals surface area (Å²) in [4.78, 5) is 22.1. The average Bonchev–Trinajstić information content (AvgIpc) is 2.71.